The van der Waals surface area contributed by atoms with E-state index in [2.05, 4.69) is 0 Å². The van der Waals surface area contributed by atoms with E-state index >= 15 is 0 Å². The SMILES string of the molecule is CCOC(=O)C(CCO)C1CCN(C(=O)OCc2ccccc2)CC1. The van der Waals surface area contributed by atoms with Gasteiger partial charge in [-0.1, -0.05) is 30.3 Å². The average Bonchev–Trinajstić information content (AvgIpc) is 2.65. The molecule has 0 aliphatic carbocycles. The largest absolute Gasteiger partial charge is 0.466 e. The Morgan fingerprint density at radius 3 is 2.48 bits per heavy atom. The van der Waals surface area contributed by atoms with E-state index in [1.54, 1.807) is 11.8 Å². The molecule has 2 rings (SSSR count). The Balaban J connectivity index is 1.81. The molecule has 0 aromatic heterocycles. The van der Waals surface area contributed by atoms with Crippen LogP contribution in [0.1, 0.15) is 31.7 Å². The van der Waals surface area contributed by atoms with E-state index in [1.165, 1.54) is 0 Å². The van der Waals surface area contributed by atoms with Crippen LogP contribution in [0.25, 0.3) is 0 Å². The van der Waals surface area contributed by atoms with Crippen molar-refractivity contribution in [1.82, 2.24) is 4.90 Å². The van der Waals surface area contributed by atoms with Crippen molar-refractivity contribution >= 4 is 12.1 Å². The molecular weight excluding hydrogens is 322 g/mol. The number of nitrogens with zero attached hydrogens (tertiary/aromatic N) is 1. The number of rotatable bonds is 7. The van der Waals surface area contributed by atoms with E-state index in [0.717, 1.165) is 5.56 Å². The molecule has 0 spiro atoms. The van der Waals surface area contributed by atoms with Crippen LogP contribution in [0.2, 0.25) is 0 Å². The highest BCUT2D eigenvalue weighted by Gasteiger charge is 2.33. The third-order valence-corrected chi connectivity index (χ3v) is 4.60. The molecule has 1 unspecified atom stereocenters. The second kappa shape index (κ2) is 10.0. The van der Waals surface area contributed by atoms with Gasteiger partial charge < -0.3 is 19.5 Å². The molecule has 6 heteroatoms. The van der Waals surface area contributed by atoms with Gasteiger partial charge in [-0.05, 0) is 37.7 Å². The van der Waals surface area contributed by atoms with Crippen LogP contribution >= 0.6 is 0 Å². The van der Waals surface area contributed by atoms with Crippen LogP contribution in [-0.2, 0) is 20.9 Å². The molecule has 1 aromatic carbocycles. The lowest BCUT2D eigenvalue weighted by Gasteiger charge is -2.34. The molecule has 1 aliphatic heterocycles. The summed E-state index contributed by atoms with van der Waals surface area (Å²) >= 11 is 0. The standard InChI is InChI=1S/C19H27NO5/c1-2-24-18(22)17(10-13-21)16-8-11-20(12-9-16)19(23)25-14-15-6-4-3-5-7-15/h3-7,16-17,21H,2,8-14H2,1H3. The predicted octanol–water partition coefficient (Wildman–Crippen LogP) is 2.60. The van der Waals surface area contributed by atoms with Gasteiger partial charge in [0.1, 0.15) is 6.61 Å². The van der Waals surface area contributed by atoms with E-state index < -0.39 is 0 Å². The number of aliphatic hydroxyl groups is 1. The quantitative estimate of drug-likeness (QED) is 0.766. The lowest BCUT2D eigenvalue weighted by Crippen LogP contribution is -2.42. The van der Waals surface area contributed by atoms with Crippen LogP contribution in [0.5, 0.6) is 0 Å². The van der Waals surface area contributed by atoms with Gasteiger partial charge in [-0.25, -0.2) is 4.79 Å². The molecule has 1 aliphatic rings. The maximum absolute atomic E-state index is 12.2. The van der Waals surface area contributed by atoms with Crippen LogP contribution < -0.4 is 0 Å². The number of aliphatic hydroxyl groups excluding tert-OH is 1. The van der Waals surface area contributed by atoms with Crippen molar-refractivity contribution in [3.05, 3.63) is 35.9 Å². The second-order valence-electron chi connectivity index (χ2n) is 6.24. The van der Waals surface area contributed by atoms with E-state index in [0.29, 0.717) is 39.0 Å². The molecule has 138 valence electrons. The first kappa shape index (κ1) is 19.2. The first-order valence-electron chi connectivity index (χ1n) is 8.88. The summed E-state index contributed by atoms with van der Waals surface area (Å²) in [7, 11) is 0. The maximum Gasteiger partial charge on any atom is 0.410 e. The first-order chi connectivity index (χ1) is 12.2. The average molecular weight is 349 g/mol. The fourth-order valence-electron chi connectivity index (χ4n) is 3.23. The van der Waals surface area contributed by atoms with Gasteiger partial charge >= 0.3 is 12.1 Å². The minimum atomic E-state index is -0.322. The van der Waals surface area contributed by atoms with E-state index in [-0.39, 0.29) is 37.1 Å². The minimum absolute atomic E-state index is 0.0389. The molecular formula is C19H27NO5. The van der Waals surface area contributed by atoms with Gasteiger partial charge in [0.2, 0.25) is 0 Å². The van der Waals surface area contributed by atoms with Crippen LogP contribution in [0.3, 0.4) is 0 Å². The van der Waals surface area contributed by atoms with Crippen molar-refractivity contribution in [1.29, 1.82) is 0 Å². The Labute approximate surface area is 148 Å². The number of hydrogen-bond acceptors (Lipinski definition) is 5. The van der Waals surface area contributed by atoms with E-state index in [1.807, 2.05) is 30.3 Å². The molecule has 25 heavy (non-hydrogen) atoms. The van der Waals surface area contributed by atoms with Gasteiger partial charge in [0.15, 0.2) is 0 Å². The predicted molar refractivity (Wildman–Crippen MR) is 92.7 cm³/mol. The highest BCUT2D eigenvalue weighted by molar-refractivity contribution is 5.73. The molecule has 1 heterocycles. The van der Waals surface area contributed by atoms with Crippen molar-refractivity contribution in [2.75, 3.05) is 26.3 Å². The van der Waals surface area contributed by atoms with Gasteiger partial charge in [-0.15, -0.1) is 0 Å². The third kappa shape index (κ3) is 5.74. The Bertz CT molecular complexity index is 540. The Morgan fingerprint density at radius 2 is 1.88 bits per heavy atom. The van der Waals surface area contributed by atoms with Crippen LogP contribution in [0, 0.1) is 11.8 Å². The van der Waals surface area contributed by atoms with E-state index in [4.69, 9.17) is 9.47 Å². The van der Waals surface area contributed by atoms with Gasteiger partial charge in [-0.2, -0.15) is 0 Å². The Kier molecular flexibility index (Phi) is 7.73. The maximum atomic E-state index is 12.2. The minimum Gasteiger partial charge on any atom is -0.466 e. The topological polar surface area (TPSA) is 76.1 Å². The summed E-state index contributed by atoms with van der Waals surface area (Å²) in [6, 6.07) is 9.57. The summed E-state index contributed by atoms with van der Waals surface area (Å²) in [5, 5.41) is 9.21. The second-order valence-corrected chi connectivity index (χ2v) is 6.24. The first-order valence-corrected chi connectivity index (χ1v) is 8.88. The molecule has 0 radical (unpaired) electrons. The van der Waals surface area contributed by atoms with Gasteiger partial charge in [0.25, 0.3) is 0 Å². The number of esters is 1. The summed E-state index contributed by atoms with van der Waals surface area (Å²) in [6.45, 7) is 3.45. The van der Waals surface area contributed by atoms with Crippen molar-refractivity contribution in [2.45, 2.75) is 32.8 Å². The highest BCUT2D eigenvalue weighted by atomic mass is 16.6. The summed E-state index contributed by atoms with van der Waals surface area (Å²) in [4.78, 5) is 25.9. The van der Waals surface area contributed by atoms with Crippen LogP contribution in [0.4, 0.5) is 4.79 Å². The fraction of sp³-hybridized carbons (Fsp3) is 0.579. The zero-order valence-electron chi connectivity index (χ0n) is 14.7. The molecule has 0 bridgehead atoms. The molecule has 1 amide bonds. The van der Waals surface area contributed by atoms with Crippen LogP contribution in [0.15, 0.2) is 30.3 Å². The van der Waals surface area contributed by atoms with Crippen molar-refractivity contribution in [2.24, 2.45) is 11.8 Å². The van der Waals surface area contributed by atoms with Crippen LogP contribution in [-0.4, -0.2) is 48.4 Å². The van der Waals surface area contributed by atoms with Crippen molar-refractivity contribution in [3.8, 4) is 0 Å². The van der Waals surface area contributed by atoms with E-state index in [9.17, 15) is 14.7 Å². The number of carbonyl (C=O) groups excluding carboxylic acids is 2. The zero-order valence-corrected chi connectivity index (χ0v) is 14.7. The monoisotopic (exact) mass is 349 g/mol. The Morgan fingerprint density at radius 1 is 1.20 bits per heavy atom. The zero-order chi connectivity index (χ0) is 18.1. The number of ether oxygens (including phenoxy) is 2. The smallest absolute Gasteiger partial charge is 0.410 e. The lowest BCUT2D eigenvalue weighted by atomic mass is 9.82. The van der Waals surface area contributed by atoms with Crippen molar-refractivity contribution in [3.63, 3.8) is 0 Å². The molecule has 1 aromatic rings. The number of benzene rings is 1. The number of piperidine rings is 1. The lowest BCUT2D eigenvalue weighted by molar-refractivity contribution is -0.151. The van der Waals surface area contributed by atoms with Crippen molar-refractivity contribution < 1.29 is 24.2 Å². The molecule has 1 fully saturated rings. The number of likely N-dealkylation sites (tertiary alicyclic amines) is 1. The summed E-state index contributed by atoms with van der Waals surface area (Å²) in [5.41, 5.74) is 0.955. The Hall–Kier alpha value is -2.08. The normalized spacial score (nSPS) is 16.3. The molecule has 0 saturated carbocycles. The number of carbonyl (C=O) groups is 2. The molecule has 1 atom stereocenters. The van der Waals surface area contributed by atoms with Gasteiger partial charge in [0, 0.05) is 19.7 Å². The third-order valence-electron chi connectivity index (χ3n) is 4.60. The summed E-state index contributed by atoms with van der Waals surface area (Å²) in [5.74, 6) is -0.418. The van der Waals surface area contributed by atoms with Gasteiger partial charge in [0.05, 0.1) is 12.5 Å². The molecule has 1 saturated heterocycles. The number of hydrogen-bond donors (Lipinski definition) is 1. The summed E-state index contributed by atoms with van der Waals surface area (Å²) < 4.78 is 10.5. The van der Waals surface area contributed by atoms with Gasteiger partial charge in [-0.3, -0.25) is 4.79 Å². The fourth-order valence-corrected chi connectivity index (χ4v) is 3.23. The highest BCUT2D eigenvalue weighted by Crippen LogP contribution is 2.28. The molecule has 6 nitrogen and oxygen atoms in total. The number of amides is 1. The summed E-state index contributed by atoms with van der Waals surface area (Å²) in [6.07, 6.45) is 1.51. The molecule has 1 N–H and O–H groups in total.